The van der Waals surface area contributed by atoms with Crippen molar-refractivity contribution in [2.75, 3.05) is 39.6 Å². The largest absolute Gasteiger partial charge is 0.472 e. The van der Waals surface area contributed by atoms with Gasteiger partial charge in [0, 0.05) is 25.7 Å². The summed E-state index contributed by atoms with van der Waals surface area (Å²) in [5, 5.41) is 10.6. The van der Waals surface area contributed by atoms with Crippen molar-refractivity contribution in [2.45, 2.75) is 341 Å². The number of phosphoric ester groups is 2. The molecule has 0 heterocycles. The van der Waals surface area contributed by atoms with Gasteiger partial charge in [-0.2, -0.15) is 0 Å². The molecule has 17 nitrogen and oxygen atoms in total. The predicted octanol–water partition coefficient (Wildman–Crippen LogP) is 23.7. The number of carbonyl (C=O) groups is 4. The van der Waals surface area contributed by atoms with Gasteiger partial charge in [0.25, 0.3) is 0 Å². The summed E-state index contributed by atoms with van der Waals surface area (Å²) < 4.78 is 68.6. The molecule has 0 aliphatic rings. The van der Waals surface area contributed by atoms with Crippen molar-refractivity contribution < 1.29 is 80.2 Å². The second-order valence-corrected chi connectivity index (χ2v) is 29.5. The number of aliphatic hydroxyl groups is 1. The van der Waals surface area contributed by atoms with E-state index in [4.69, 9.17) is 37.0 Å². The third kappa shape index (κ3) is 75.4. The van der Waals surface area contributed by atoms with Crippen molar-refractivity contribution >= 4 is 39.5 Å². The molecule has 19 heteroatoms. The molecule has 0 fully saturated rings. The maximum absolute atomic E-state index is 13.1. The molecule has 0 aliphatic heterocycles. The summed E-state index contributed by atoms with van der Waals surface area (Å²) in [6.45, 7) is 4.49. The van der Waals surface area contributed by atoms with Crippen LogP contribution in [0.2, 0.25) is 0 Å². The van der Waals surface area contributed by atoms with Gasteiger partial charge in [-0.1, -0.05) is 277 Å². The van der Waals surface area contributed by atoms with Crippen LogP contribution in [0.3, 0.4) is 0 Å². The molecule has 0 aliphatic carbocycles. The maximum atomic E-state index is 13.1. The van der Waals surface area contributed by atoms with Gasteiger partial charge in [-0.3, -0.25) is 37.3 Å². The van der Waals surface area contributed by atoms with Gasteiger partial charge in [-0.15, -0.1) is 0 Å². The van der Waals surface area contributed by atoms with Gasteiger partial charge >= 0.3 is 39.5 Å². The Morgan fingerprint density at radius 2 is 0.500 bits per heavy atom. The summed E-state index contributed by atoms with van der Waals surface area (Å²) in [7, 11) is -9.98. The Labute approximate surface area is 631 Å². The summed E-state index contributed by atoms with van der Waals surface area (Å²) in [5.74, 6) is -2.23. The summed E-state index contributed by atoms with van der Waals surface area (Å²) in [6.07, 6.45) is 85.6. The lowest BCUT2D eigenvalue weighted by molar-refractivity contribution is -0.161. The Bertz CT molecular complexity index is 2490. The Morgan fingerprint density at radius 1 is 0.279 bits per heavy atom. The molecular weight excluding hydrogens is 1350 g/mol. The number of esters is 4. The molecule has 0 bridgehead atoms. The quantitative estimate of drug-likeness (QED) is 0.0169. The van der Waals surface area contributed by atoms with E-state index in [0.29, 0.717) is 25.7 Å². The second kappa shape index (κ2) is 76.4. The van der Waals surface area contributed by atoms with Gasteiger partial charge in [0.05, 0.1) is 26.4 Å². The molecule has 5 atom stereocenters. The first kappa shape index (κ1) is 99.2. The minimum absolute atomic E-state index is 0.0686. The molecule has 0 amide bonds. The highest BCUT2D eigenvalue weighted by Gasteiger charge is 2.30. The van der Waals surface area contributed by atoms with Gasteiger partial charge in [0.2, 0.25) is 0 Å². The fourth-order valence-corrected chi connectivity index (χ4v) is 12.1. The minimum Gasteiger partial charge on any atom is -0.462 e. The Kier molecular flexibility index (Phi) is 72.9. The molecule has 0 saturated heterocycles. The van der Waals surface area contributed by atoms with E-state index >= 15 is 0 Å². The van der Waals surface area contributed by atoms with Crippen LogP contribution >= 0.6 is 15.6 Å². The first-order chi connectivity index (χ1) is 50.7. The normalized spacial score (nSPS) is 14.6. The molecule has 104 heavy (non-hydrogen) atoms. The lowest BCUT2D eigenvalue weighted by Gasteiger charge is -2.21. The zero-order chi connectivity index (χ0) is 76.0. The average molecular weight is 1500 g/mol. The van der Waals surface area contributed by atoms with Crippen LogP contribution in [0.25, 0.3) is 0 Å². The second-order valence-electron chi connectivity index (χ2n) is 26.6. The van der Waals surface area contributed by atoms with Crippen LogP contribution in [0.15, 0.2) is 134 Å². The van der Waals surface area contributed by atoms with Crippen molar-refractivity contribution in [3.05, 3.63) is 134 Å². The molecule has 0 aromatic rings. The number of hydrogen-bond donors (Lipinski definition) is 3. The van der Waals surface area contributed by atoms with Crippen LogP contribution in [0, 0.1) is 0 Å². The van der Waals surface area contributed by atoms with Crippen molar-refractivity contribution in [3.63, 3.8) is 0 Å². The monoisotopic (exact) mass is 1500 g/mol. The first-order valence-electron chi connectivity index (χ1n) is 40.4. The molecule has 0 aromatic heterocycles. The van der Waals surface area contributed by atoms with E-state index < -0.39 is 97.5 Å². The highest BCUT2D eigenvalue weighted by Crippen LogP contribution is 2.45. The maximum Gasteiger partial charge on any atom is 0.472 e. The lowest BCUT2D eigenvalue weighted by atomic mass is 10.1. The first-order valence-corrected chi connectivity index (χ1v) is 43.4. The van der Waals surface area contributed by atoms with Gasteiger partial charge in [-0.05, 0) is 154 Å². The number of carbonyl (C=O) groups excluding carboxylic acids is 4. The minimum atomic E-state index is -4.99. The summed E-state index contributed by atoms with van der Waals surface area (Å²) in [5.41, 5.74) is 0. The van der Waals surface area contributed by atoms with Gasteiger partial charge in [-0.25, -0.2) is 9.13 Å². The standard InChI is InChI=1S/C85H144O17P2/c1-5-9-13-17-21-25-29-33-37-38-39-40-44-46-50-54-58-62-66-70-83(88)96-76-81(102-85(90)72-68-64-60-56-52-48-43-36-32-28-24-20-16-12-8-4)78-100-104(93,94)98-74-79(86)73-97-103(91,92)99-77-80(101-84(89)71-67-63-59-55-51-47-42-35-31-27-23-19-15-11-7-3)75-95-82(87)69-65-61-57-53-49-45-41-34-30-26-22-18-14-10-6-2/h9-10,12-14,16,21-22,24-26,28,33-37,39-43,79-81,86H,5-8,11,15,17-20,23,27,29-32,38,44-78H2,1-4H3,(H,91,92)(H,93,94)/b13-9-,14-10-,16-12-,25-21-,26-22-,28-24-,37-33-,40-39-,41-34-,42-35-,43-36-. The van der Waals surface area contributed by atoms with Crippen LogP contribution in [-0.2, 0) is 65.4 Å². The van der Waals surface area contributed by atoms with Crippen LogP contribution < -0.4 is 0 Å². The zero-order valence-electron chi connectivity index (χ0n) is 65.2. The van der Waals surface area contributed by atoms with E-state index in [1.165, 1.54) is 38.5 Å². The number of rotatable bonds is 75. The predicted molar refractivity (Wildman–Crippen MR) is 427 cm³/mol. The zero-order valence-corrected chi connectivity index (χ0v) is 66.9. The SMILES string of the molecule is CC/C=C\C/C=C\C/C=C\C/C=C\CCCCCCCCC(=O)OCC(COP(=O)(O)OCC(O)COP(=O)(O)OCC(COC(=O)CCCCCCC/C=C\C/C=C\C/C=C\CC)OC(=O)CCCCCCC/C=C\CCCCCCCC)OC(=O)CCCCCCC/C=C\C/C=C\C/C=C\CC. The highest BCUT2D eigenvalue weighted by atomic mass is 31.2. The number of allylic oxidation sites excluding steroid dienone is 22. The van der Waals surface area contributed by atoms with E-state index in [0.717, 1.165) is 205 Å². The molecule has 596 valence electrons. The highest BCUT2D eigenvalue weighted by molar-refractivity contribution is 7.47. The average Bonchev–Trinajstić information content (AvgIpc) is 0.918. The van der Waals surface area contributed by atoms with Crippen LogP contribution in [-0.4, -0.2) is 96.7 Å². The fourth-order valence-electron chi connectivity index (χ4n) is 10.5. The molecule has 5 unspecified atom stereocenters. The van der Waals surface area contributed by atoms with E-state index in [1.807, 2.05) is 0 Å². The van der Waals surface area contributed by atoms with E-state index in [2.05, 4.69) is 161 Å². The lowest BCUT2D eigenvalue weighted by Crippen LogP contribution is -2.30. The van der Waals surface area contributed by atoms with Crippen LogP contribution in [0.1, 0.15) is 323 Å². The smallest absolute Gasteiger partial charge is 0.462 e. The Hall–Kier alpha value is -4.80. The number of phosphoric acid groups is 2. The summed E-state index contributed by atoms with van der Waals surface area (Å²) >= 11 is 0. The van der Waals surface area contributed by atoms with Crippen molar-refractivity contribution in [3.8, 4) is 0 Å². The number of unbranched alkanes of at least 4 members (excludes halogenated alkanes) is 27. The van der Waals surface area contributed by atoms with Crippen molar-refractivity contribution in [1.29, 1.82) is 0 Å². The van der Waals surface area contributed by atoms with Crippen LogP contribution in [0.4, 0.5) is 0 Å². The fraction of sp³-hybridized carbons (Fsp3) is 0.694. The van der Waals surface area contributed by atoms with Gasteiger partial charge in [0.15, 0.2) is 12.2 Å². The Balaban J connectivity index is 5.40. The summed E-state index contributed by atoms with van der Waals surface area (Å²) in [4.78, 5) is 73.1. The topological polar surface area (TPSA) is 237 Å². The Morgan fingerprint density at radius 3 is 0.779 bits per heavy atom. The van der Waals surface area contributed by atoms with Crippen LogP contribution in [0.5, 0.6) is 0 Å². The summed E-state index contributed by atoms with van der Waals surface area (Å²) in [6, 6.07) is 0. The van der Waals surface area contributed by atoms with E-state index in [-0.39, 0.29) is 25.7 Å². The number of hydrogen-bond acceptors (Lipinski definition) is 15. The molecule has 0 spiro atoms. The number of ether oxygens (including phenoxy) is 4. The van der Waals surface area contributed by atoms with Crippen molar-refractivity contribution in [1.82, 2.24) is 0 Å². The molecule has 0 saturated carbocycles. The molecule has 0 radical (unpaired) electrons. The van der Waals surface area contributed by atoms with E-state index in [1.54, 1.807) is 0 Å². The molecule has 0 aromatic carbocycles. The third-order valence-electron chi connectivity index (χ3n) is 16.6. The van der Waals surface area contributed by atoms with Gasteiger partial charge in [0.1, 0.15) is 19.3 Å². The molecule has 3 N–H and O–H groups in total. The molecule has 0 rings (SSSR count). The number of aliphatic hydroxyl groups excluding tert-OH is 1. The van der Waals surface area contributed by atoms with Gasteiger partial charge < -0.3 is 33.8 Å². The van der Waals surface area contributed by atoms with E-state index in [9.17, 15) is 43.2 Å². The van der Waals surface area contributed by atoms with Crippen molar-refractivity contribution in [2.24, 2.45) is 0 Å². The molecular formula is C85H144O17P2. The third-order valence-corrected chi connectivity index (χ3v) is 18.5.